The van der Waals surface area contributed by atoms with Crippen LogP contribution in [-0.2, 0) is 19.3 Å². The number of aromatic nitrogens is 4. The molecule has 0 aromatic carbocycles. The van der Waals surface area contributed by atoms with E-state index >= 15 is 0 Å². The molecule has 0 spiro atoms. The summed E-state index contributed by atoms with van der Waals surface area (Å²) >= 11 is 0. The largest absolute Gasteiger partial charge is 0.377 e. The summed E-state index contributed by atoms with van der Waals surface area (Å²) in [6, 6.07) is 1.97. The SMILES string of the molecule is Cc1cn[nH]c1Nc1nc(N2CCOC[C@H]2C)cc(C2(S(C)(=O)=O)CC2)n1. The van der Waals surface area contributed by atoms with Crippen LogP contribution in [0.25, 0.3) is 0 Å². The molecule has 1 saturated heterocycles. The maximum atomic E-state index is 12.4. The Hall–Kier alpha value is -2.20. The highest BCUT2D eigenvalue weighted by atomic mass is 32.2. The molecule has 3 heterocycles. The third-order valence-corrected chi connectivity index (χ3v) is 7.36. The molecule has 1 aliphatic heterocycles. The molecule has 0 unspecified atom stereocenters. The quantitative estimate of drug-likeness (QED) is 0.787. The summed E-state index contributed by atoms with van der Waals surface area (Å²) < 4.78 is 29.5. The van der Waals surface area contributed by atoms with E-state index in [1.165, 1.54) is 6.26 Å². The lowest BCUT2D eigenvalue weighted by Crippen LogP contribution is -2.44. The van der Waals surface area contributed by atoms with Crippen LogP contribution < -0.4 is 10.2 Å². The van der Waals surface area contributed by atoms with Crippen LogP contribution in [0.15, 0.2) is 12.3 Å². The molecule has 0 bridgehead atoms. The first-order valence-corrected chi connectivity index (χ1v) is 10.9. The summed E-state index contributed by atoms with van der Waals surface area (Å²) in [5, 5.41) is 10.0. The fourth-order valence-electron chi connectivity index (χ4n) is 3.45. The van der Waals surface area contributed by atoms with Crippen molar-refractivity contribution in [2.24, 2.45) is 0 Å². The predicted molar refractivity (Wildman–Crippen MR) is 102 cm³/mol. The number of nitrogens with zero attached hydrogens (tertiary/aromatic N) is 4. The average molecular weight is 392 g/mol. The van der Waals surface area contributed by atoms with Crippen molar-refractivity contribution in [2.45, 2.75) is 37.5 Å². The van der Waals surface area contributed by atoms with Gasteiger partial charge in [0.05, 0.1) is 31.1 Å². The monoisotopic (exact) mass is 392 g/mol. The van der Waals surface area contributed by atoms with Gasteiger partial charge in [-0.3, -0.25) is 5.10 Å². The minimum absolute atomic E-state index is 0.150. The maximum absolute atomic E-state index is 12.4. The Kier molecular flexibility index (Phi) is 4.34. The third kappa shape index (κ3) is 3.27. The Balaban J connectivity index is 1.78. The molecule has 1 saturated carbocycles. The molecule has 2 N–H and O–H groups in total. The van der Waals surface area contributed by atoms with Gasteiger partial charge >= 0.3 is 0 Å². The van der Waals surface area contributed by atoms with Gasteiger partial charge in [0.2, 0.25) is 5.95 Å². The zero-order valence-corrected chi connectivity index (χ0v) is 16.5. The fraction of sp³-hybridized carbons (Fsp3) is 0.588. The van der Waals surface area contributed by atoms with E-state index in [-0.39, 0.29) is 6.04 Å². The van der Waals surface area contributed by atoms with Crippen molar-refractivity contribution in [3.8, 4) is 0 Å². The van der Waals surface area contributed by atoms with Crippen molar-refractivity contribution in [1.29, 1.82) is 0 Å². The summed E-state index contributed by atoms with van der Waals surface area (Å²) in [5.41, 5.74) is 1.47. The second-order valence-electron chi connectivity index (χ2n) is 7.37. The number of nitrogens with one attached hydrogen (secondary N) is 2. The Labute approximate surface area is 158 Å². The minimum atomic E-state index is -3.27. The van der Waals surface area contributed by atoms with E-state index in [1.807, 2.05) is 13.0 Å². The molecule has 2 fully saturated rings. The summed E-state index contributed by atoms with van der Waals surface area (Å²) in [7, 11) is -3.27. The van der Waals surface area contributed by atoms with Crippen LogP contribution in [-0.4, -0.2) is 60.6 Å². The molecule has 9 nitrogen and oxygen atoms in total. The van der Waals surface area contributed by atoms with Gasteiger partial charge in [0.25, 0.3) is 0 Å². The number of sulfone groups is 1. The zero-order chi connectivity index (χ0) is 19.2. The predicted octanol–water partition coefficient (Wildman–Crippen LogP) is 1.51. The first kappa shape index (κ1) is 18.2. The molecule has 2 aliphatic rings. The molecule has 4 rings (SSSR count). The van der Waals surface area contributed by atoms with E-state index in [4.69, 9.17) is 4.74 Å². The first-order chi connectivity index (χ1) is 12.8. The van der Waals surface area contributed by atoms with Crippen molar-refractivity contribution in [3.05, 3.63) is 23.5 Å². The van der Waals surface area contributed by atoms with Crippen LogP contribution in [0.2, 0.25) is 0 Å². The summed E-state index contributed by atoms with van der Waals surface area (Å²) in [4.78, 5) is 11.4. The number of anilines is 3. The molecule has 1 aliphatic carbocycles. The van der Waals surface area contributed by atoms with Crippen molar-refractivity contribution in [1.82, 2.24) is 20.2 Å². The van der Waals surface area contributed by atoms with Crippen molar-refractivity contribution in [3.63, 3.8) is 0 Å². The van der Waals surface area contributed by atoms with E-state index in [9.17, 15) is 8.42 Å². The molecule has 27 heavy (non-hydrogen) atoms. The third-order valence-electron chi connectivity index (χ3n) is 5.32. The maximum Gasteiger partial charge on any atom is 0.230 e. The topological polar surface area (TPSA) is 113 Å². The van der Waals surface area contributed by atoms with Crippen LogP contribution in [0.1, 0.15) is 31.0 Å². The lowest BCUT2D eigenvalue weighted by molar-refractivity contribution is 0.0985. The molecule has 2 aromatic rings. The molecule has 146 valence electrons. The molecular formula is C17H24N6O3S. The number of hydrogen-bond acceptors (Lipinski definition) is 8. The van der Waals surface area contributed by atoms with Gasteiger partial charge in [-0.25, -0.2) is 13.4 Å². The highest BCUT2D eigenvalue weighted by Gasteiger charge is 2.55. The van der Waals surface area contributed by atoms with Gasteiger partial charge in [-0.1, -0.05) is 0 Å². The number of rotatable bonds is 5. The molecular weight excluding hydrogens is 368 g/mol. The van der Waals surface area contributed by atoms with E-state index in [0.29, 0.717) is 55.9 Å². The summed E-state index contributed by atoms with van der Waals surface area (Å²) in [6.07, 6.45) is 4.16. The van der Waals surface area contributed by atoms with E-state index < -0.39 is 14.6 Å². The number of hydrogen-bond donors (Lipinski definition) is 2. The van der Waals surface area contributed by atoms with Gasteiger partial charge in [0.1, 0.15) is 16.4 Å². The van der Waals surface area contributed by atoms with Crippen LogP contribution in [0.3, 0.4) is 0 Å². The van der Waals surface area contributed by atoms with Gasteiger partial charge < -0.3 is 15.0 Å². The molecule has 1 atom stereocenters. The van der Waals surface area contributed by atoms with E-state index in [0.717, 1.165) is 5.56 Å². The molecule has 2 aromatic heterocycles. The van der Waals surface area contributed by atoms with Gasteiger partial charge in [0.15, 0.2) is 9.84 Å². The van der Waals surface area contributed by atoms with Gasteiger partial charge in [-0.05, 0) is 26.7 Å². The van der Waals surface area contributed by atoms with Gasteiger partial charge in [-0.2, -0.15) is 10.1 Å². The van der Waals surface area contributed by atoms with Crippen molar-refractivity contribution >= 4 is 27.4 Å². The second kappa shape index (κ2) is 6.45. The second-order valence-corrected chi connectivity index (χ2v) is 9.70. The Morgan fingerprint density at radius 2 is 2.15 bits per heavy atom. The van der Waals surface area contributed by atoms with Crippen LogP contribution in [0, 0.1) is 6.92 Å². The lowest BCUT2D eigenvalue weighted by atomic mass is 10.2. The standard InChI is InChI=1S/C17H24N6O3S/c1-11-9-18-22-15(11)21-16-19-13(17(4-5-17)27(3,24)25)8-14(20-16)23-6-7-26-10-12(23)2/h8-9,12H,4-7,10H2,1-3H3,(H2,18,19,20,21,22)/t12-/m1/s1. The van der Waals surface area contributed by atoms with E-state index in [1.54, 1.807) is 6.20 Å². The number of ether oxygens (including phenoxy) is 1. The van der Waals surface area contributed by atoms with Gasteiger partial charge in [-0.15, -0.1) is 0 Å². The lowest BCUT2D eigenvalue weighted by Gasteiger charge is -2.34. The van der Waals surface area contributed by atoms with E-state index in [2.05, 4.69) is 37.3 Å². The number of aromatic amines is 1. The van der Waals surface area contributed by atoms with Crippen molar-refractivity contribution in [2.75, 3.05) is 36.2 Å². The molecule has 0 radical (unpaired) electrons. The van der Waals surface area contributed by atoms with Crippen LogP contribution >= 0.6 is 0 Å². The average Bonchev–Trinajstić information content (AvgIpc) is 3.35. The number of H-pyrrole nitrogens is 1. The van der Waals surface area contributed by atoms with Gasteiger partial charge in [0, 0.05) is 24.4 Å². The molecule has 0 amide bonds. The first-order valence-electron chi connectivity index (χ1n) is 9.01. The number of aryl methyl sites for hydroxylation is 1. The Morgan fingerprint density at radius 3 is 2.74 bits per heavy atom. The normalized spacial score (nSPS) is 21.9. The summed E-state index contributed by atoms with van der Waals surface area (Å²) in [5.74, 6) is 1.77. The highest BCUT2D eigenvalue weighted by Crippen LogP contribution is 2.52. The summed E-state index contributed by atoms with van der Waals surface area (Å²) in [6.45, 7) is 5.91. The highest BCUT2D eigenvalue weighted by molar-refractivity contribution is 7.91. The van der Waals surface area contributed by atoms with Crippen LogP contribution in [0.4, 0.5) is 17.6 Å². The Bertz CT molecular complexity index is 953. The zero-order valence-electron chi connectivity index (χ0n) is 15.7. The molecule has 10 heteroatoms. The van der Waals surface area contributed by atoms with Crippen molar-refractivity contribution < 1.29 is 13.2 Å². The minimum Gasteiger partial charge on any atom is -0.377 e. The smallest absolute Gasteiger partial charge is 0.230 e. The van der Waals surface area contributed by atoms with Crippen LogP contribution in [0.5, 0.6) is 0 Å². The number of morpholine rings is 1. The fourth-order valence-corrected chi connectivity index (χ4v) is 4.78. The Morgan fingerprint density at radius 1 is 1.37 bits per heavy atom.